The smallest absolute Gasteiger partial charge is 0.262 e. The number of anilines is 2. The lowest BCUT2D eigenvalue weighted by atomic mass is 10.0. The van der Waals surface area contributed by atoms with Crippen LogP contribution in [-0.4, -0.2) is 91.2 Å². The Morgan fingerprint density at radius 1 is 0.807 bits per heavy atom. The first-order valence-corrected chi connectivity index (χ1v) is 18.7. The van der Waals surface area contributed by atoms with Crippen LogP contribution in [0.4, 0.5) is 11.5 Å². The summed E-state index contributed by atoms with van der Waals surface area (Å²) in [6.45, 7) is 1.91. The lowest BCUT2D eigenvalue weighted by Gasteiger charge is -2.40. The Morgan fingerprint density at radius 3 is 2.25 bits per heavy atom. The number of nitrogens with one attached hydrogen (secondary N) is 1. The molecular formula is C41H38N10O6. The van der Waals surface area contributed by atoms with Crippen LogP contribution >= 0.6 is 0 Å². The summed E-state index contributed by atoms with van der Waals surface area (Å²) in [5, 5.41) is 12.4. The number of ether oxygens (including phenoxy) is 2. The van der Waals surface area contributed by atoms with Crippen LogP contribution in [0.15, 0.2) is 97.6 Å². The summed E-state index contributed by atoms with van der Waals surface area (Å²) in [5.41, 5.74) is 9.88. The molecule has 4 aliphatic rings. The van der Waals surface area contributed by atoms with Crippen molar-refractivity contribution in [1.29, 1.82) is 0 Å². The maximum atomic E-state index is 13.5. The second-order valence-corrected chi connectivity index (χ2v) is 14.1. The van der Waals surface area contributed by atoms with Gasteiger partial charge in [0.2, 0.25) is 11.8 Å². The molecule has 3 aromatic carbocycles. The number of methoxy groups -OCH3 is 1. The second kappa shape index (κ2) is 14.5. The summed E-state index contributed by atoms with van der Waals surface area (Å²) in [7, 11) is 1.62. The van der Waals surface area contributed by atoms with Gasteiger partial charge in [0.05, 0.1) is 29.7 Å². The number of benzene rings is 3. The fourth-order valence-electron chi connectivity index (χ4n) is 7.81. The molecule has 4 aliphatic heterocycles. The van der Waals surface area contributed by atoms with E-state index in [-0.39, 0.29) is 30.0 Å². The zero-order chi connectivity index (χ0) is 39.2. The van der Waals surface area contributed by atoms with Gasteiger partial charge >= 0.3 is 0 Å². The molecule has 6 heterocycles. The molecule has 2 saturated heterocycles. The van der Waals surface area contributed by atoms with Crippen molar-refractivity contribution in [3.63, 3.8) is 0 Å². The number of hydrogen-bond acceptors (Lipinski definition) is 13. The lowest BCUT2D eigenvalue weighted by Crippen LogP contribution is -2.54. The minimum atomic E-state index is -1.02. The van der Waals surface area contributed by atoms with E-state index in [0.717, 1.165) is 42.1 Å². The summed E-state index contributed by atoms with van der Waals surface area (Å²) in [6.07, 6.45) is 11.0. The molecule has 288 valence electrons. The molecule has 9 rings (SSSR count). The van der Waals surface area contributed by atoms with Crippen molar-refractivity contribution in [3.8, 4) is 28.5 Å². The number of fused-ring (bicyclic) bond motifs is 2. The number of piperidine rings is 2. The Bertz CT molecular complexity index is 2470. The SMILES string of the molecule is COc1ccc(Oc2ccc(-c3nn(C4CCN(N5C=CC=CN(c6ccc7c(c6)C(=O)N(C6CCC(=O)NC6=O)C7=O)C5)CC4)c4ncnc(N)c34)cc2)cc1. The molecule has 3 N–H and O–H groups in total. The summed E-state index contributed by atoms with van der Waals surface area (Å²) in [6, 6.07) is 19.2. The molecule has 0 bridgehead atoms. The predicted molar refractivity (Wildman–Crippen MR) is 209 cm³/mol. The van der Waals surface area contributed by atoms with E-state index in [1.165, 1.54) is 6.33 Å². The first kappa shape index (κ1) is 35.6. The molecule has 0 aliphatic carbocycles. The van der Waals surface area contributed by atoms with E-state index in [9.17, 15) is 19.2 Å². The minimum Gasteiger partial charge on any atom is -0.497 e. The molecule has 16 nitrogen and oxygen atoms in total. The van der Waals surface area contributed by atoms with Crippen LogP contribution in [0.25, 0.3) is 22.3 Å². The normalized spacial score (nSPS) is 19.0. The van der Waals surface area contributed by atoms with Crippen molar-refractivity contribution in [2.75, 3.05) is 37.5 Å². The number of carbonyl (C=O) groups excluding carboxylic acids is 4. The molecule has 0 radical (unpaired) electrons. The molecule has 1 atom stereocenters. The fraction of sp³-hybridized carbons (Fsp3) is 0.244. The molecule has 0 saturated carbocycles. The van der Waals surface area contributed by atoms with Crippen molar-refractivity contribution in [2.45, 2.75) is 37.8 Å². The number of nitrogens with two attached hydrogens (primary N) is 1. The van der Waals surface area contributed by atoms with Gasteiger partial charge in [-0.2, -0.15) is 5.10 Å². The highest BCUT2D eigenvalue weighted by Gasteiger charge is 2.45. The number of imide groups is 2. The number of nitrogens with zero attached hydrogens (tertiary/aromatic N) is 8. The van der Waals surface area contributed by atoms with Crippen LogP contribution in [0.3, 0.4) is 0 Å². The Hall–Kier alpha value is -7.07. The maximum absolute atomic E-state index is 13.5. The molecule has 2 aromatic heterocycles. The van der Waals surface area contributed by atoms with Crippen LogP contribution in [0.2, 0.25) is 0 Å². The van der Waals surface area contributed by atoms with E-state index < -0.39 is 29.7 Å². The number of nitrogen functional groups attached to an aromatic ring is 1. The van der Waals surface area contributed by atoms with Gasteiger partial charge in [0.15, 0.2) is 5.65 Å². The summed E-state index contributed by atoms with van der Waals surface area (Å²) in [4.78, 5) is 62.9. The molecule has 0 spiro atoms. The van der Waals surface area contributed by atoms with E-state index in [2.05, 4.69) is 25.3 Å². The van der Waals surface area contributed by atoms with Crippen LogP contribution in [0, 0.1) is 0 Å². The molecule has 2 fully saturated rings. The van der Waals surface area contributed by atoms with Crippen LogP contribution < -0.4 is 25.4 Å². The second-order valence-electron chi connectivity index (χ2n) is 14.1. The first-order chi connectivity index (χ1) is 27.7. The van der Waals surface area contributed by atoms with Gasteiger partial charge in [-0.3, -0.25) is 34.4 Å². The summed E-state index contributed by atoms with van der Waals surface area (Å²) >= 11 is 0. The number of aromatic nitrogens is 4. The maximum Gasteiger partial charge on any atom is 0.262 e. The standard InChI is InChI=1S/C41H38N10O6/c1-56-28-9-11-30(12-10-28)57-29-7-4-25(5-8-29)36-35-37(42)43-23-44-38(35)51(46-36)26-16-20-48(21-17-26)49-19-3-2-18-47(24-49)27-6-13-31-32(22-27)41(55)50(40(31)54)33-14-15-34(52)45-39(33)53/h2-13,18-19,22-23,26,33H,14-17,20-21,24H2,1H3,(H2,42,43,44)(H,45,52,53). The Kier molecular flexibility index (Phi) is 9.09. The third-order valence-corrected chi connectivity index (χ3v) is 10.8. The third kappa shape index (κ3) is 6.58. The highest BCUT2D eigenvalue weighted by atomic mass is 16.5. The fourth-order valence-corrected chi connectivity index (χ4v) is 7.81. The van der Waals surface area contributed by atoms with Crippen LogP contribution in [-0.2, 0) is 9.59 Å². The quantitative estimate of drug-likeness (QED) is 0.209. The molecule has 1 unspecified atom stereocenters. The average Bonchev–Trinajstić information content (AvgIpc) is 3.61. The Balaban J connectivity index is 0.887. The van der Waals surface area contributed by atoms with Gasteiger partial charge in [-0.05, 0) is 98.1 Å². The number of carbonyl (C=O) groups is 4. The van der Waals surface area contributed by atoms with Gasteiger partial charge < -0.3 is 20.1 Å². The zero-order valence-electron chi connectivity index (χ0n) is 30.9. The summed E-state index contributed by atoms with van der Waals surface area (Å²) in [5.74, 6) is 0.361. The monoisotopic (exact) mass is 766 g/mol. The van der Waals surface area contributed by atoms with Crippen molar-refractivity contribution in [1.82, 2.24) is 40.0 Å². The average molecular weight is 767 g/mol. The van der Waals surface area contributed by atoms with Crippen molar-refractivity contribution < 1.29 is 28.7 Å². The Labute approximate surface area is 326 Å². The predicted octanol–water partition coefficient (Wildman–Crippen LogP) is 4.64. The van der Waals surface area contributed by atoms with Crippen LogP contribution in [0.1, 0.15) is 52.4 Å². The van der Waals surface area contributed by atoms with Gasteiger partial charge in [-0.15, -0.1) is 0 Å². The molecular weight excluding hydrogens is 729 g/mol. The highest BCUT2D eigenvalue weighted by Crippen LogP contribution is 2.36. The van der Waals surface area contributed by atoms with Crippen LogP contribution in [0.5, 0.6) is 17.2 Å². The van der Waals surface area contributed by atoms with Gasteiger partial charge in [-0.1, -0.05) is 0 Å². The van der Waals surface area contributed by atoms with Crippen molar-refractivity contribution in [2.24, 2.45) is 0 Å². The topological polar surface area (TPSA) is 181 Å². The number of rotatable bonds is 8. The molecule has 5 aromatic rings. The van der Waals surface area contributed by atoms with Crippen molar-refractivity contribution in [3.05, 3.63) is 109 Å². The van der Waals surface area contributed by atoms with Gasteiger partial charge in [-0.25, -0.2) is 19.7 Å². The zero-order valence-corrected chi connectivity index (χ0v) is 30.9. The summed E-state index contributed by atoms with van der Waals surface area (Å²) < 4.78 is 13.3. The van der Waals surface area contributed by atoms with Gasteiger partial charge in [0.1, 0.15) is 47.8 Å². The minimum absolute atomic E-state index is 0.0576. The number of amides is 4. The Morgan fingerprint density at radius 2 is 1.51 bits per heavy atom. The molecule has 16 heteroatoms. The molecule has 4 amide bonds. The highest BCUT2D eigenvalue weighted by molar-refractivity contribution is 6.23. The van der Waals surface area contributed by atoms with Crippen molar-refractivity contribution >= 4 is 46.2 Å². The van der Waals surface area contributed by atoms with Gasteiger partial charge in [0, 0.05) is 43.2 Å². The van der Waals surface area contributed by atoms with E-state index >= 15 is 0 Å². The lowest BCUT2D eigenvalue weighted by molar-refractivity contribution is -0.136. The van der Waals surface area contributed by atoms with E-state index in [4.69, 9.17) is 20.3 Å². The largest absolute Gasteiger partial charge is 0.497 e. The number of hydrogen-bond donors (Lipinski definition) is 2. The van der Waals surface area contributed by atoms with Gasteiger partial charge in [0.25, 0.3) is 11.8 Å². The van der Waals surface area contributed by atoms with E-state index in [1.54, 1.807) is 25.3 Å². The van der Waals surface area contributed by atoms with E-state index in [0.29, 0.717) is 46.4 Å². The number of hydrazine groups is 1. The first-order valence-electron chi connectivity index (χ1n) is 18.7. The third-order valence-electron chi connectivity index (χ3n) is 10.8. The number of allylic oxidation sites excluding steroid dienone is 2. The van der Waals surface area contributed by atoms with E-state index in [1.807, 2.05) is 82.7 Å². The molecule has 57 heavy (non-hydrogen) atoms.